The van der Waals surface area contributed by atoms with E-state index in [1.54, 1.807) is 19.2 Å². The van der Waals surface area contributed by atoms with Crippen molar-refractivity contribution in [3.8, 4) is 28.7 Å². The number of hydrogen-bond acceptors (Lipinski definition) is 7. The van der Waals surface area contributed by atoms with Crippen molar-refractivity contribution in [3.63, 3.8) is 0 Å². The summed E-state index contributed by atoms with van der Waals surface area (Å²) in [5.74, 6) is 3.55. The fraction of sp³-hybridized carbons (Fsp3) is 0.310. The van der Waals surface area contributed by atoms with Crippen molar-refractivity contribution in [3.05, 3.63) is 72.1 Å². The van der Waals surface area contributed by atoms with Crippen LogP contribution in [0.25, 0.3) is 11.0 Å². The molecule has 1 amide bonds. The molecule has 1 heterocycles. The van der Waals surface area contributed by atoms with E-state index in [1.165, 1.54) is 21.3 Å². The Hall–Kier alpha value is -4.40. The lowest BCUT2D eigenvalue weighted by Gasteiger charge is -2.14. The van der Waals surface area contributed by atoms with Crippen LogP contribution in [0.15, 0.2) is 60.7 Å². The molecule has 0 saturated carbocycles. The van der Waals surface area contributed by atoms with Gasteiger partial charge in [0, 0.05) is 24.6 Å². The van der Waals surface area contributed by atoms with E-state index >= 15 is 0 Å². The van der Waals surface area contributed by atoms with E-state index in [-0.39, 0.29) is 5.91 Å². The number of carbonyl (C=O) groups is 1. The van der Waals surface area contributed by atoms with Gasteiger partial charge >= 0.3 is 0 Å². The van der Waals surface area contributed by atoms with E-state index in [0.717, 1.165) is 34.8 Å². The molecule has 9 heteroatoms. The van der Waals surface area contributed by atoms with Crippen molar-refractivity contribution >= 4 is 16.9 Å². The molecule has 4 aromatic rings. The second-order valence-electron chi connectivity index (χ2n) is 8.47. The molecule has 0 saturated heterocycles. The molecule has 0 aliphatic heterocycles. The maximum atomic E-state index is 12.8. The van der Waals surface area contributed by atoms with Crippen LogP contribution in [-0.4, -0.2) is 57.0 Å². The normalized spacial score (nSPS) is 10.7. The smallest absolute Gasteiger partial charge is 0.251 e. The van der Waals surface area contributed by atoms with E-state index in [4.69, 9.17) is 28.7 Å². The number of para-hydroxylation sites is 2. The minimum Gasteiger partial charge on any atom is -0.497 e. The third kappa shape index (κ3) is 6.11. The number of imidazole rings is 1. The van der Waals surface area contributed by atoms with Gasteiger partial charge in [-0.1, -0.05) is 18.2 Å². The summed E-state index contributed by atoms with van der Waals surface area (Å²) in [5.41, 5.74) is 2.42. The van der Waals surface area contributed by atoms with Crippen LogP contribution >= 0.6 is 0 Å². The van der Waals surface area contributed by atoms with Crippen LogP contribution in [0, 0.1) is 0 Å². The predicted molar refractivity (Wildman–Crippen MR) is 145 cm³/mol. The minimum atomic E-state index is -0.218. The highest BCUT2D eigenvalue weighted by atomic mass is 16.5. The first kappa shape index (κ1) is 26.7. The maximum Gasteiger partial charge on any atom is 0.251 e. The summed E-state index contributed by atoms with van der Waals surface area (Å²) in [5, 5.41) is 2.97. The highest BCUT2D eigenvalue weighted by molar-refractivity contribution is 5.95. The van der Waals surface area contributed by atoms with Gasteiger partial charge in [-0.25, -0.2) is 4.98 Å². The third-order valence-corrected chi connectivity index (χ3v) is 6.15. The van der Waals surface area contributed by atoms with E-state index in [9.17, 15) is 4.79 Å². The van der Waals surface area contributed by atoms with Gasteiger partial charge in [0.25, 0.3) is 5.91 Å². The molecule has 0 aliphatic rings. The summed E-state index contributed by atoms with van der Waals surface area (Å²) in [6.45, 7) is 1.61. The Morgan fingerprint density at radius 2 is 1.61 bits per heavy atom. The SMILES string of the molecule is COc1cccc(OCCn2c(CCCNC(=O)c3cc(OC)c(OC)c(OC)c3)nc3ccccc32)c1. The van der Waals surface area contributed by atoms with Crippen LogP contribution in [0.5, 0.6) is 28.7 Å². The Morgan fingerprint density at radius 1 is 0.868 bits per heavy atom. The average molecular weight is 520 g/mol. The molecule has 0 radical (unpaired) electrons. The largest absolute Gasteiger partial charge is 0.497 e. The predicted octanol–water partition coefficient (Wildman–Crippen LogP) is 4.51. The van der Waals surface area contributed by atoms with Gasteiger partial charge in [0.15, 0.2) is 11.5 Å². The first-order valence-corrected chi connectivity index (χ1v) is 12.4. The highest BCUT2D eigenvalue weighted by Gasteiger charge is 2.17. The molecular formula is C29H33N3O6. The molecule has 38 heavy (non-hydrogen) atoms. The van der Waals surface area contributed by atoms with Crippen molar-refractivity contribution in [2.75, 3.05) is 41.6 Å². The van der Waals surface area contributed by atoms with Gasteiger partial charge in [-0.05, 0) is 42.8 Å². The summed E-state index contributed by atoms with van der Waals surface area (Å²) in [4.78, 5) is 17.6. The monoisotopic (exact) mass is 519 g/mol. The van der Waals surface area contributed by atoms with Crippen LogP contribution < -0.4 is 29.0 Å². The van der Waals surface area contributed by atoms with Crippen molar-refractivity contribution in [1.29, 1.82) is 0 Å². The first-order valence-electron chi connectivity index (χ1n) is 12.4. The number of hydrogen-bond donors (Lipinski definition) is 1. The number of carbonyl (C=O) groups excluding carboxylic acids is 1. The number of nitrogens with zero attached hydrogens (tertiary/aromatic N) is 2. The summed E-state index contributed by atoms with van der Waals surface area (Å²) in [6.07, 6.45) is 1.42. The molecule has 0 unspecified atom stereocenters. The highest BCUT2D eigenvalue weighted by Crippen LogP contribution is 2.38. The molecule has 0 aliphatic carbocycles. The molecule has 200 valence electrons. The molecule has 3 aromatic carbocycles. The van der Waals surface area contributed by atoms with Crippen LogP contribution in [0.2, 0.25) is 0 Å². The summed E-state index contributed by atoms with van der Waals surface area (Å²) >= 11 is 0. The number of nitrogens with one attached hydrogen (secondary N) is 1. The number of aryl methyl sites for hydroxylation is 1. The zero-order valence-corrected chi connectivity index (χ0v) is 22.2. The number of amides is 1. The average Bonchev–Trinajstić information content (AvgIpc) is 3.31. The lowest BCUT2D eigenvalue weighted by atomic mass is 10.1. The fourth-order valence-corrected chi connectivity index (χ4v) is 4.27. The number of rotatable bonds is 13. The molecule has 1 N–H and O–H groups in total. The van der Waals surface area contributed by atoms with Crippen molar-refractivity contribution < 1.29 is 28.5 Å². The zero-order chi connectivity index (χ0) is 26.9. The Kier molecular flexibility index (Phi) is 8.92. The quantitative estimate of drug-likeness (QED) is 0.260. The third-order valence-electron chi connectivity index (χ3n) is 6.15. The van der Waals surface area contributed by atoms with Crippen LogP contribution in [0.4, 0.5) is 0 Å². The van der Waals surface area contributed by atoms with Crippen molar-refractivity contribution in [2.45, 2.75) is 19.4 Å². The van der Waals surface area contributed by atoms with Gasteiger partial charge in [0.1, 0.15) is 23.9 Å². The topological polar surface area (TPSA) is 93.1 Å². The summed E-state index contributed by atoms with van der Waals surface area (Å²) < 4.78 is 29.5. The molecule has 0 spiro atoms. The van der Waals surface area contributed by atoms with Crippen LogP contribution in [0.1, 0.15) is 22.6 Å². The summed E-state index contributed by atoms with van der Waals surface area (Å²) in [7, 11) is 6.20. The lowest BCUT2D eigenvalue weighted by molar-refractivity contribution is 0.0952. The van der Waals surface area contributed by atoms with Gasteiger partial charge < -0.3 is 33.6 Å². The molecule has 4 rings (SSSR count). The Bertz CT molecular complexity index is 1360. The molecular weight excluding hydrogens is 486 g/mol. The number of methoxy groups -OCH3 is 4. The van der Waals surface area contributed by atoms with E-state index in [1.807, 2.05) is 42.5 Å². The number of benzene rings is 3. The Labute approximate surface area is 222 Å². The maximum absolute atomic E-state index is 12.8. The van der Waals surface area contributed by atoms with Gasteiger partial charge in [-0.2, -0.15) is 0 Å². The minimum absolute atomic E-state index is 0.218. The van der Waals surface area contributed by atoms with E-state index in [2.05, 4.69) is 16.0 Å². The first-order chi connectivity index (χ1) is 18.6. The molecule has 0 fully saturated rings. The second kappa shape index (κ2) is 12.7. The van der Waals surface area contributed by atoms with Gasteiger partial charge in [-0.15, -0.1) is 0 Å². The van der Waals surface area contributed by atoms with Gasteiger partial charge in [-0.3, -0.25) is 4.79 Å². The summed E-state index contributed by atoms with van der Waals surface area (Å²) in [6, 6.07) is 18.9. The number of ether oxygens (including phenoxy) is 5. The molecule has 0 bridgehead atoms. The van der Waals surface area contributed by atoms with Gasteiger partial charge in [0.2, 0.25) is 5.75 Å². The molecule has 9 nitrogen and oxygen atoms in total. The lowest BCUT2D eigenvalue weighted by Crippen LogP contribution is -2.25. The second-order valence-corrected chi connectivity index (χ2v) is 8.47. The Balaban J connectivity index is 1.38. The van der Waals surface area contributed by atoms with Crippen LogP contribution in [0.3, 0.4) is 0 Å². The molecule has 0 atom stereocenters. The van der Waals surface area contributed by atoms with E-state index < -0.39 is 0 Å². The van der Waals surface area contributed by atoms with Crippen molar-refractivity contribution in [2.24, 2.45) is 0 Å². The standard InChI is InChI=1S/C29H33N3O6/c1-34-21-9-7-10-22(19-21)38-16-15-32-24-12-6-5-11-23(24)31-27(32)13-8-14-30-29(33)20-17-25(35-2)28(37-4)26(18-20)36-3/h5-7,9-12,17-19H,8,13-16H2,1-4H3,(H,30,33). The molecule has 1 aromatic heterocycles. The van der Waals surface area contributed by atoms with E-state index in [0.29, 0.717) is 48.9 Å². The van der Waals surface area contributed by atoms with Crippen molar-refractivity contribution in [1.82, 2.24) is 14.9 Å². The zero-order valence-electron chi connectivity index (χ0n) is 22.2. The Morgan fingerprint density at radius 3 is 2.32 bits per heavy atom. The van der Waals surface area contributed by atoms with Gasteiger partial charge in [0.05, 0.1) is 46.0 Å². The number of aromatic nitrogens is 2. The van der Waals surface area contributed by atoms with Crippen LogP contribution in [-0.2, 0) is 13.0 Å². The number of fused-ring (bicyclic) bond motifs is 1. The fourth-order valence-electron chi connectivity index (χ4n) is 4.27.